The van der Waals surface area contributed by atoms with Gasteiger partial charge in [-0.25, -0.2) is 9.67 Å². The number of ether oxygens (including phenoxy) is 2. The Bertz CT molecular complexity index is 1690. The molecule has 5 fully saturated rings. The van der Waals surface area contributed by atoms with Crippen LogP contribution in [0.4, 0.5) is 0 Å². The lowest BCUT2D eigenvalue weighted by Crippen LogP contribution is -2.69. The van der Waals surface area contributed by atoms with Crippen molar-refractivity contribution in [3.8, 4) is 11.4 Å². The summed E-state index contributed by atoms with van der Waals surface area (Å²) in [5.41, 5.74) is 1.41. The van der Waals surface area contributed by atoms with E-state index < -0.39 is 11.9 Å². The highest BCUT2D eigenvalue weighted by Crippen LogP contribution is 2.75. The first-order valence-corrected chi connectivity index (χ1v) is 20.3. The zero-order valence-electron chi connectivity index (χ0n) is 33.0. The van der Waals surface area contributed by atoms with E-state index in [0.717, 1.165) is 62.9 Å². The zero-order chi connectivity index (χ0) is 36.8. The largest absolute Gasteiger partial charge is 0.481 e. The van der Waals surface area contributed by atoms with Crippen molar-refractivity contribution >= 4 is 5.97 Å². The molecular weight excluding hydrogens is 651 g/mol. The first-order valence-electron chi connectivity index (χ1n) is 20.3. The molecule has 12 atom stereocenters. The monoisotopic (exact) mass is 713 g/mol. The Labute approximate surface area is 311 Å². The van der Waals surface area contributed by atoms with E-state index in [1.165, 1.54) is 6.42 Å². The molecule has 1 N–H and O–H groups in total. The summed E-state index contributed by atoms with van der Waals surface area (Å²) < 4.78 is 16.3. The van der Waals surface area contributed by atoms with E-state index in [-0.39, 0.29) is 39.2 Å². The summed E-state index contributed by atoms with van der Waals surface area (Å²) in [7, 11) is 2.23. The summed E-state index contributed by atoms with van der Waals surface area (Å²) in [5, 5.41) is 16.1. The van der Waals surface area contributed by atoms with Crippen LogP contribution in [0.3, 0.4) is 0 Å². The van der Waals surface area contributed by atoms with Crippen LogP contribution in [0.5, 0.6) is 0 Å². The third-order valence-electron chi connectivity index (χ3n) is 17.1. The Balaban J connectivity index is 1.23. The number of likely N-dealkylation sites (N-methyl/N-ethyl adjacent to an activating group) is 1. The van der Waals surface area contributed by atoms with E-state index in [2.05, 4.69) is 76.2 Å². The number of carbonyl (C=O) groups is 1. The molecular formula is C43H63N5O4. The van der Waals surface area contributed by atoms with E-state index in [9.17, 15) is 9.90 Å². The van der Waals surface area contributed by atoms with Crippen molar-refractivity contribution in [2.24, 2.45) is 56.7 Å². The molecule has 2 aromatic heterocycles. The van der Waals surface area contributed by atoms with Gasteiger partial charge >= 0.3 is 5.97 Å². The fourth-order valence-electron chi connectivity index (χ4n) is 13.7. The Morgan fingerprint density at radius 1 is 1.06 bits per heavy atom. The number of carboxylic acid groups (broad SMARTS) is 1. The number of hydrogen-bond acceptors (Lipinski definition) is 7. The molecule has 0 spiro atoms. The van der Waals surface area contributed by atoms with Crippen molar-refractivity contribution < 1.29 is 19.4 Å². The maximum Gasteiger partial charge on any atom is 0.307 e. The lowest BCUT2D eigenvalue weighted by atomic mass is 9.34. The second-order valence-corrected chi connectivity index (χ2v) is 19.4. The van der Waals surface area contributed by atoms with Gasteiger partial charge in [-0.3, -0.25) is 9.78 Å². The highest BCUT2D eigenvalue weighted by atomic mass is 16.5. The number of fused-ring (bicyclic) bond motifs is 3. The van der Waals surface area contributed by atoms with Gasteiger partial charge in [0.15, 0.2) is 5.82 Å². The van der Waals surface area contributed by atoms with Crippen molar-refractivity contribution in [2.75, 3.05) is 33.4 Å². The summed E-state index contributed by atoms with van der Waals surface area (Å²) >= 11 is 0. The highest BCUT2D eigenvalue weighted by Gasteiger charge is 2.72. The Kier molecular flexibility index (Phi) is 8.90. The predicted octanol–water partition coefficient (Wildman–Crippen LogP) is 7.95. The summed E-state index contributed by atoms with van der Waals surface area (Å²) in [5.74, 6) is 1.31. The van der Waals surface area contributed by atoms with Gasteiger partial charge in [-0.1, -0.05) is 60.1 Å². The number of aromatic nitrogens is 4. The van der Waals surface area contributed by atoms with Gasteiger partial charge in [0.25, 0.3) is 0 Å². The molecule has 1 unspecified atom stereocenters. The quantitative estimate of drug-likeness (QED) is 0.275. The molecule has 3 saturated carbocycles. The van der Waals surface area contributed by atoms with Gasteiger partial charge in [0.2, 0.25) is 0 Å². The minimum atomic E-state index is -0.610. The minimum absolute atomic E-state index is 0.0309. The highest BCUT2D eigenvalue weighted by molar-refractivity contribution is 5.73. The van der Waals surface area contributed by atoms with Gasteiger partial charge in [0.05, 0.1) is 37.9 Å². The molecule has 0 radical (unpaired) electrons. The molecule has 9 heteroatoms. The Hall–Kier alpha value is -2.62. The summed E-state index contributed by atoms with van der Waals surface area (Å²) in [4.78, 5) is 25.1. The molecule has 2 aliphatic heterocycles. The van der Waals surface area contributed by atoms with Crippen LogP contribution in [0.1, 0.15) is 106 Å². The molecule has 0 amide bonds. The van der Waals surface area contributed by atoms with Gasteiger partial charge < -0.3 is 19.5 Å². The van der Waals surface area contributed by atoms with Crippen molar-refractivity contribution in [1.82, 2.24) is 24.6 Å². The molecule has 0 aromatic carbocycles. The normalized spacial score (nSPS) is 43.7. The number of hydrogen-bond donors (Lipinski definition) is 1. The second kappa shape index (κ2) is 12.7. The van der Waals surface area contributed by atoms with E-state index >= 15 is 0 Å². The maximum atomic E-state index is 13.6. The van der Waals surface area contributed by atoms with Crippen LogP contribution in [0.15, 0.2) is 42.5 Å². The van der Waals surface area contributed by atoms with Gasteiger partial charge in [-0.05, 0) is 117 Å². The van der Waals surface area contributed by atoms with Crippen LogP contribution in [-0.4, -0.2) is 81.3 Å². The maximum absolute atomic E-state index is 13.6. The molecule has 9 nitrogen and oxygen atoms in total. The number of nitrogens with zero attached hydrogens (tertiary/aromatic N) is 5. The molecule has 4 aliphatic carbocycles. The van der Waals surface area contributed by atoms with Gasteiger partial charge in [-0.2, -0.15) is 5.10 Å². The van der Waals surface area contributed by atoms with Crippen LogP contribution in [0, 0.1) is 56.7 Å². The molecule has 2 aromatic rings. The standard InChI is InChI=1S/C43H63N5O4/c1-27(2)28(3)39(4)17-18-41(6)31-11-12-34-40(5)24-51-25-43(34,32(31)13-16-42(41,7)35(39)38(49)50)22-33(36(40)52-23-30-10-9-21-47(30)8)48-37(45-26-46-48)29-14-19-44-20-15-29/h13-15,19-20,26-28,30-31,33-36H,9-12,16-18,21-25H2,1-8H3,(H,49,50)/t28-,30-,31+,33-,34+,35-,36+,39-,40?,41-,42+,43+/m1/s1. The summed E-state index contributed by atoms with van der Waals surface area (Å²) in [6.45, 7) is 19.6. The third-order valence-corrected chi connectivity index (χ3v) is 17.1. The number of carboxylic acids is 1. The second-order valence-electron chi connectivity index (χ2n) is 19.4. The number of allylic oxidation sites excluding steroid dienone is 1. The molecule has 2 saturated heterocycles. The first-order chi connectivity index (χ1) is 24.7. The molecule has 8 rings (SSSR count). The van der Waals surface area contributed by atoms with Crippen LogP contribution in [-0.2, 0) is 14.3 Å². The Morgan fingerprint density at radius 3 is 2.52 bits per heavy atom. The lowest BCUT2D eigenvalue weighted by Gasteiger charge is -2.71. The zero-order valence-corrected chi connectivity index (χ0v) is 33.0. The summed E-state index contributed by atoms with van der Waals surface area (Å²) in [6, 6.07) is 4.44. The van der Waals surface area contributed by atoms with Crippen LogP contribution in [0.25, 0.3) is 11.4 Å². The van der Waals surface area contributed by atoms with Crippen LogP contribution < -0.4 is 0 Å². The van der Waals surface area contributed by atoms with Gasteiger partial charge in [-0.15, -0.1) is 0 Å². The lowest BCUT2D eigenvalue weighted by molar-refractivity contribution is -0.251. The SMILES string of the molecule is CC(C)[C@@H](C)[C@@]1(C)CC[C@]2(C)[C@H]3CC[C@H]4C5(C)COC[C@@]4(C[C@@H](n4ncnc4-c4ccncc4)[C@@H]5OC[C@H]4CCCN4C)C3=CC[C@@]2(C)[C@@H]1C(=O)O. The van der Waals surface area contributed by atoms with Crippen molar-refractivity contribution in [1.29, 1.82) is 0 Å². The molecule has 6 aliphatic rings. The number of pyridine rings is 1. The van der Waals surface area contributed by atoms with Gasteiger partial charge in [0.1, 0.15) is 6.33 Å². The van der Waals surface area contributed by atoms with Gasteiger partial charge in [0, 0.05) is 34.8 Å². The average Bonchev–Trinajstić information content (AvgIpc) is 3.77. The number of aliphatic carboxylic acids is 1. The van der Waals surface area contributed by atoms with E-state index in [1.54, 1.807) is 11.9 Å². The fourth-order valence-corrected chi connectivity index (χ4v) is 13.7. The first kappa shape index (κ1) is 36.4. The molecule has 284 valence electrons. The smallest absolute Gasteiger partial charge is 0.307 e. The molecule has 4 heterocycles. The van der Waals surface area contributed by atoms with E-state index in [0.29, 0.717) is 49.5 Å². The molecule has 2 bridgehead atoms. The summed E-state index contributed by atoms with van der Waals surface area (Å²) in [6.07, 6.45) is 16.1. The van der Waals surface area contributed by atoms with Crippen LogP contribution >= 0.6 is 0 Å². The van der Waals surface area contributed by atoms with Crippen LogP contribution in [0.2, 0.25) is 0 Å². The fraction of sp³-hybridized carbons (Fsp3) is 0.767. The van der Waals surface area contributed by atoms with E-state index in [1.807, 2.05) is 24.5 Å². The number of rotatable bonds is 8. The van der Waals surface area contributed by atoms with Crippen molar-refractivity contribution in [3.05, 3.63) is 42.5 Å². The third kappa shape index (κ3) is 5.03. The average molecular weight is 714 g/mol. The molecule has 52 heavy (non-hydrogen) atoms. The predicted molar refractivity (Wildman–Crippen MR) is 201 cm³/mol. The van der Waals surface area contributed by atoms with Crippen molar-refractivity contribution in [2.45, 2.75) is 118 Å². The minimum Gasteiger partial charge on any atom is -0.481 e. The number of likely N-dealkylation sites (tertiary alicyclic amines) is 1. The Morgan fingerprint density at radius 2 is 1.83 bits per heavy atom. The van der Waals surface area contributed by atoms with E-state index in [4.69, 9.17) is 19.6 Å². The van der Waals surface area contributed by atoms with Crippen molar-refractivity contribution in [3.63, 3.8) is 0 Å². The topological polar surface area (TPSA) is 103 Å².